The normalized spacial score (nSPS) is 9.83. The van der Waals surface area contributed by atoms with Gasteiger partial charge in [-0.3, -0.25) is 0 Å². The second-order valence-electron chi connectivity index (χ2n) is 3.52. The minimum absolute atomic E-state index is 0.0558. The van der Waals surface area contributed by atoms with Gasteiger partial charge in [-0.1, -0.05) is 0 Å². The third kappa shape index (κ3) is 2.35. The van der Waals surface area contributed by atoms with Crippen LogP contribution in [0.5, 0.6) is 0 Å². The average Bonchev–Trinajstić information content (AvgIpc) is 2.34. The highest BCUT2D eigenvalue weighted by Gasteiger charge is 2.07. The molecular formula is C12H8F2N4. The average molecular weight is 246 g/mol. The fourth-order valence-corrected chi connectivity index (χ4v) is 1.37. The van der Waals surface area contributed by atoms with E-state index >= 15 is 0 Å². The van der Waals surface area contributed by atoms with Gasteiger partial charge in [-0.25, -0.2) is 13.8 Å². The van der Waals surface area contributed by atoms with Crippen molar-refractivity contribution in [1.29, 1.82) is 5.26 Å². The topological polar surface area (TPSA) is 74.7 Å². The van der Waals surface area contributed by atoms with E-state index in [0.717, 1.165) is 12.1 Å². The van der Waals surface area contributed by atoms with Crippen molar-refractivity contribution < 1.29 is 8.78 Å². The minimum atomic E-state index is -0.749. The molecule has 0 atom stereocenters. The number of nitriles is 1. The minimum Gasteiger partial charge on any atom is -0.396 e. The van der Waals surface area contributed by atoms with E-state index in [1.807, 2.05) is 6.07 Å². The Morgan fingerprint density at radius 2 is 2.06 bits per heavy atom. The molecule has 0 aliphatic rings. The van der Waals surface area contributed by atoms with Gasteiger partial charge in [-0.15, -0.1) is 0 Å². The van der Waals surface area contributed by atoms with Crippen molar-refractivity contribution in [2.75, 3.05) is 11.1 Å². The summed E-state index contributed by atoms with van der Waals surface area (Å²) in [6.07, 6.45) is 1.31. The van der Waals surface area contributed by atoms with Crippen molar-refractivity contribution in [1.82, 2.24) is 4.98 Å². The largest absolute Gasteiger partial charge is 0.396 e. The molecule has 3 N–H and O–H groups in total. The maximum Gasteiger partial charge on any atom is 0.153 e. The van der Waals surface area contributed by atoms with Crippen LogP contribution in [0.4, 0.5) is 26.0 Å². The van der Waals surface area contributed by atoms with Crippen molar-refractivity contribution in [3.05, 3.63) is 47.7 Å². The number of rotatable bonds is 2. The zero-order valence-corrected chi connectivity index (χ0v) is 9.11. The van der Waals surface area contributed by atoms with Gasteiger partial charge < -0.3 is 11.1 Å². The van der Waals surface area contributed by atoms with Gasteiger partial charge in [-0.2, -0.15) is 5.26 Å². The summed E-state index contributed by atoms with van der Waals surface area (Å²) in [4.78, 5) is 3.89. The zero-order chi connectivity index (χ0) is 13.1. The lowest BCUT2D eigenvalue weighted by atomic mass is 10.2. The van der Waals surface area contributed by atoms with E-state index in [-0.39, 0.29) is 17.2 Å². The summed E-state index contributed by atoms with van der Waals surface area (Å²) in [5.74, 6) is -1.21. The molecule has 18 heavy (non-hydrogen) atoms. The fraction of sp³-hybridized carbons (Fsp3) is 0. The van der Waals surface area contributed by atoms with E-state index < -0.39 is 11.6 Å². The number of hydrogen-bond acceptors (Lipinski definition) is 4. The molecule has 0 saturated carbocycles. The first-order valence-corrected chi connectivity index (χ1v) is 4.98. The fourth-order valence-electron chi connectivity index (χ4n) is 1.37. The van der Waals surface area contributed by atoms with Crippen molar-refractivity contribution in [3.8, 4) is 6.07 Å². The molecule has 1 heterocycles. The Morgan fingerprint density at radius 1 is 1.28 bits per heavy atom. The Kier molecular flexibility index (Phi) is 3.06. The molecular weight excluding hydrogens is 238 g/mol. The number of pyridine rings is 1. The van der Waals surface area contributed by atoms with E-state index in [0.29, 0.717) is 5.56 Å². The summed E-state index contributed by atoms with van der Waals surface area (Å²) in [5.41, 5.74) is 6.22. The van der Waals surface area contributed by atoms with E-state index in [1.54, 1.807) is 0 Å². The quantitative estimate of drug-likeness (QED) is 0.853. The Hall–Kier alpha value is -2.68. The highest BCUT2D eigenvalue weighted by atomic mass is 19.1. The Balaban J connectivity index is 2.32. The standard InChI is InChI=1S/C12H8F2N4/c13-8-1-2-11(9(14)4-8)18-12-10(16)3-7(5-15)6-17-12/h1-4,6H,16H2,(H,17,18). The van der Waals surface area contributed by atoms with Gasteiger partial charge in [0.25, 0.3) is 0 Å². The van der Waals surface area contributed by atoms with Crippen LogP contribution in [0.15, 0.2) is 30.5 Å². The van der Waals surface area contributed by atoms with Gasteiger partial charge in [-0.05, 0) is 18.2 Å². The first-order valence-electron chi connectivity index (χ1n) is 4.98. The molecule has 0 saturated heterocycles. The molecule has 90 valence electrons. The van der Waals surface area contributed by atoms with Crippen molar-refractivity contribution >= 4 is 17.2 Å². The molecule has 2 rings (SSSR count). The summed E-state index contributed by atoms with van der Waals surface area (Å²) in [7, 11) is 0. The molecule has 0 aliphatic heterocycles. The predicted octanol–water partition coefficient (Wildman–Crippen LogP) is 2.56. The van der Waals surface area contributed by atoms with Gasteiger partial charge in [0.2, 0.25) is 0 Å². The summed E-state index contributed by atoms with van der Waals surface area (Å²) in [6.45, 7) is 0. The van der Waals surface area contributed by atoms with Crippen LogP contribution in [0.1, 0.15) is 5.56 Å². The van der Waals surface area contributed by atoms with E-state index in [2.05, 4.69) is 10.3 Å². The van der Waals surface area contributed by atoms with Crippen LogP contribution < -0.4 is 11.1 Å². The smallest absolute Gasteiger partial charge is 0.153 e. The van der Waals surface area contributed by atoms with E-state index in [4.69, 9.17) is 11.0 Å². The lowest BCUT2D eigenvalue weighted by molar-refractivity contribution is 0.586. The third-order valence-electron chi connectivity index (χ3n) is 2.23. The summed E-state index contributed by atoms with van der Waals surface area (Å²) in [5, 5.41) is 11.3. The van der Waals surface area contributed by atoms with E-state index in [1.165, 1.54) is 18.3 Å². The van der Waals surface area contributed by atoms with Crippen LogP contribution in [-0.2, 0) is 0 Å². The third-order valence-corrected chi connectivity index (χ3v) is 2.23. The van der Waals surface area contributed by atoms with Crippen LogP contribution >= 0.6 is 0 Å². The predicted molar refractivity (Wildman–Crippen MR) is 63.0 cm³/mol. The molecule has 4 nitrogen and oxygen atoms in total. The van der Waals surface area contributed by atoms with Gasteiger partial charge in [0.15, 0.2) is 5.82 Å². The molecule has 0 fully saturated rings. The molecule has 6 heteroatoms. The maximum atomic E-state index is 13.4. The number of aromatic nitrogens is 1. The van der Waals surface area contributed by atoms with Crippen LogP contribution in [0.2, 0.25) is 0 Å². The zero-order valence-electron chi connectivity index (χ0n) is 9.11. The van der Waals surface area contributed by atoms with Gasteiger partial charge >= 0.3 is 0 Å². The van der Waals surface area contributed by atoms with Crippen LogP contribution in [0, 0.1) is 23.0 Å². The van der Waals surface area contributed by atoms with Crippen molar-refractivity contribution in [2.24, 2.45) is 0 Å². The van der Waals surface area contributed by atoms with Crippen LogP contribution in [-0.4, -0.2) is 4.98 Å². The number of nitrogens with zero attached hydrogens (tertiary/aromatic N) is 2. The SMILES string of the molecule is N#Cc1cnc(Nc2ccc(F)cc2F)c(N)c1. The molecule has 0 bridgehead atoms. The lowest BCUT2D eigenvalue weighted by Gasteiger charge is -2.09. The number of halogens is 2. The van der Waals surface area contributed by atoms with Gasteiger partial charge in [0, 0.05) is 12.3 Å². The Morgan fingerprint density at radius 3 is 2.67 bits per heavy atom. The molecule has 0 unspecified atom stereocenters. The molecule has 1 aromatic heterocycles. The molecule has 0 spiro atoms. The van der Waals surface area contributed by atoms with Gasteiger partial charge in [0.1, 0.15) is 17.7 Å². The summed E-state index contributed by atoms with van der Waals surface area (Å²) in [6, 6.07) is 6.41. The number of nitrogen functional groups attached to an aromatic ring is 1. The molecule has 0 radical (unpaired) electrons. The number of hydrogen-bond donors (Lipinski definition) is 2. The number of nitrogens with two attached hydrogens (primary N) is 1. The summed E-state index contributed by atoms with van der Waals surface area (Å²) < 4.78 is 26.1. The second kappa shape index (κ2) is 4.67. The molecule has 2 aromatic rings. The Labute approximate surface area is 102 Å². The maximum absolute atomic E-state index is 13.4. The highest BCUT2D eigenvalue weighted by Crippen LogP contribution is 2.23. The second-order valence-corrected chi connectivity index (χ2v) is 3.52. The van der Waals surface area contributed by atoms with Crippen molar-refractivity contribution in [2.45, 2.75) is 0 Å². The monoisotopic (exact) mass is 246 g/mol. The molecule has 1 aromatic carbocycles. The first kappa shape index (κ1) is 11.8. The van der Waals surface area contributed by atoms with Gasteiger partial charge in [0.05, 0.1) is 16.9 Å². The lowest BCUT2D eigenvalue weighted by Crippen LogP contribution is -2.01. The number of benzene rings is 1. The molecule has 0 amide bonds. The molecule has 0 aliphatic carbocycles. The number of anilines is 3. The summed E-state index contributed by atoms with van der Waals surface area (Å²) >= 11 is 0. The van der Waals surface area contributed by atoms with E-state index in [9.17, 15) is 8.78 Å². The van der Waals surface area contributed by atoms with Crippen molar-refractivity contribution in [3.63, 3.8) is 0 Å². The number of nitrogens with one attached hydrogen (secondary N) is 1. The van der Waals surface area contributed by atoms with Crippen LogP contribution in [0.3, 0.4) is 0 Å². The van der Waals surface area contributed by atoms with Crippen LogP contribution in [0.25, 0.3) is 0 Å². The first-order chi connectivity index (χ1) is 8.60. The highest BCUT2D eigenvalue weighted by molar-refractivity contribution is 5.69. The Bertz CT molecular complexity index is 634.